The fourth-order valence-corrected chi connectivity index (χ4v) is 5.08. The van der Waals surface area contributed by atoms with E-state index >= 15 is 0 Å². The molecule has 0 radical (unpaired) electrons. The van der Waals surface area contributed by atoms with Crippen LogP contribution >= 0.6 is 0 Å². The first-order valence-corrected chi connectivity index (χ1v) is 8.29. The van der Waals surface area contributed by atoms with Gasteiger partial charge >= 0.3 is 55.7 Å². The van der Waals surface area contributed by atoms with Crippen molar-refractivity contribution in [3.05, 3.63) is 0 Å². The molecule has 0 aromatic rings. The Hall–Kier alpha value is 1.03. The molecule has 0 aliphatic heterocycles. The Balaban J connectivity index is 0. The molecule has 0 unspecified atom stereocenters. The molecular weight excluding hydrogens is 423 g/mol. The maximum absolute atomic E-state index is 9.69. The minimum absolute atomic E-state index is 0. The molecule has 62 valence electrons. The van der Waals surface area contributed by atoms with Crippen molar-refractivity contribution in [2.45, 2.75) is 0 Å². The molecule has 0 aliphatic rings. The zero-order valence-electron chi connectivity index (χ0n) is 4.16. The Labute approximate surface area is 76.4 Å². The van der Waals surface area contributed by atoms with E-state index in [0.29, 0.717) is 0 Å². The molecule has 6 nitrogen and oxygen atoms in total. The van der Waals surface area contributed by atoms with Gasteiger partial charge in [0, 0.05) is 21.1 Å². The molecule has 10 heavy (non-hydrogen) atoms. The first kappa shape index (κ1) is 13.6. The third kappa shape index (κ3) is 11.8. The van der Waals surface area contributed by atoms with Crippen LogP contribution in [0.2, 0.25) is 0 Å². The first-order valence-electron chi connectivity index (χ1n) is 1.37. The SMILES string of the molecule is O=S(=O)(O)[Se]S(=O)(=O)O.[W]. The molecule has 0 aromatic heterocycles. The van der Waals surface area contributed by atoms with Crippen molar-refractivity contribution in [3.8, 4) is 0 Å². The van der Waals surface area contributed by atoms with Gasteiger partial charge in [0.1, 0.15) is 0 Å². The molecule has 0 bridgehead atoms. The zero-order chi connectivity index (χ0) is 7.71. The number of hydrogen-bond acceptors (Lipinski definition) is 4. The van der Waals surface area contributed by atoms with E-state index in [1.54, 1.807) is 0 Å². The van der Waals surface area contributed by atoms with E-state index in [0.717, 1.165) is 0 Å². The normalized spacial score (nSPS) is 12.2. The van der Waals surface area contributed by atoms with E-state index in [2.05, 4.69) is 0 Å². The zero-order valence-corrected chi connectivity index (χ0v) is 10.4. The van der Waals surface area contributed by atoms with E-state index in [1.165, 1.54) is 0 Å². The summed E-state index contributed by atoms with van der Waals surface area (Å²) in [7, 11) is -9.11. The van der Waals surface area contributed by atoms with Gasteiger partial charge in [0.05, 0.1) is 0 Å². The Morgan fingerprint density at radius 2 is 1.10 bits per heavy atom. The maximum atomic E-state index is 9.69. The van der Waals surface area contributed by atoms with Crippen LogP contribution in [0.5, 0.6) is 0 Å². The molecule has 0 fully saturated rings. The Kier molecular flexibility index (Phi) is 5.65. The fourth-order valence-electron chi connectivity index (χ4n) is 0.109. The van der Waals surface area contributed by atoms with Crippen molar-refractivity contribution in [1.29, 1.82) is 0 Å². The van der Waals surface area contributed by atoms with Gasteiger partial charge in [-0.05, 0) is 0 Å². The first-order chi connectivity index (χ1) is 3.71. The third-order valence-electron chi connectivity index (χ3n) is 0.172. The number of hydrogen-bond donors (Lipinski definition) is 2. The van der Waals surface area contributed by atoms with E-state index < -0.39 is 29.8 Å². The molecule has 10 heteroatoms. The molecule has 0 aliphatic carbocycles. The largest absolute Gasteiger partial charge is 0 e. The van der Waals surface area contributed by atoms with Crippen LogP contribution in [0.3, 0.4) is 0 Å². The van der Waals surface area contributed by atoms with Crippen LogP contribution in [0.25, 0.3) is 0 Å². The Bertz CT molecular complexity index is 241. The standard InChI is InChI=1S/H2O6S2Se.W/c1-7(2,3)9-8(4,5)6;/h(H,1,2,3)(H,4,5,6);. The van der Waals surface area contributed by atoms with Gasteiger partial charge < -0.3 is 0 Å². The summed E-state index contributed by atoms with van der Waals surface area (Å²) in [5.41, 5.74) is 0. The summed E-state index contributed by atoms with van der Waals surface area (Å²) in [5, 5.41) is 0. The van der Waals surface area contributed by atoms with Crippen LogP contribution in [0.4, 0.5) is 0 Å². The van der Waals surface area contributed by atoms with Gasteiger partial charge in [-0.15, -0.1) is 0 Å². The van der Waals surface area contributed by atoms with Gasteiger partial charge in [0.2, 0.25) is 0 Å². The molecule has 0 amide bonds. The molecule has 0 saturated carbocycles. The van der Waals surface area contributed by atoms with Crippen LogP contribution in [-0.2, 0) is 38.1 Å². The molecule has 0 aromatic carbocycles. The van der Waals surface area contributed by atoms with E-state index in [-0.39, 0.29) is 21.1 Å². The number of rotatable bonds is 2. The summed E-state index contributed by atoms with van der Waals surface area (Å²) in [6.45, 7) is 0. The average Bonchev–Trinajstić information content (AvgIpc) is 1.14. The second kappa shape index (κ2) is 4.15. The van der Waals surface area contributed by atoms with Crippen LogP contribution in [0.1, 0.15) is 0 Å². The van der Waals surface area contributed by atoms with Gasteiger partial charge in [-0.25, -0.2) is 0 Å². The summed E-state index contributed by atoms with van der Waals surface area (Å²) in [4.78, 5) is 0. The van der Waals surface area contributed by atoms with Crippen molar-refractivity contribution in [2.75, 3.05) is 0 Å². The summed E-state index contributed by atoms with van der Waals surface area (Å²) in [6.07, 6.45) is 0. The van der Waals surface area contributed by atoms with E-state index in [9.17, 15) is 16.8 Å². The average molecular weight is 425 g/mol. The van der Waals surface area contributed by atoms with Crippen LogP contribution < -0.4 is 0 Å². The molecule has 0 rings (SSSR count). The van der Waals surface area contributed by atoms with Gasteiger partial charge in [-0.2, -0.15) is 0 Å². The van der Waals surface area contributed by atoms with Gasteiger partial charge in [0.15, 0.2) is 0 Å². The quantitative estimate of drug-likeness (QED) is 0.404. The summed E-state index contributed by atoms with van der Waals surface area (Å²) >= 11 is -2.19. The molecule has 2 N–H and O–H groups in total. The monoisotopic (exact) mass is 426 g/mol. The van der Waals surface area contributed by atoms with Crippen molar-refractivity contribution in [3.63, 3.8) is 0 Å². The molecule has 0 spiro atoms. The topological polar surface area (TPSA) is 109 Å². The van der Waals surface area contributed by atoms with Crippen molar-refractivity contribution in [2.24, 2.45) is 0 Å². The Morgan fingerprint density at radius 1 is 0.900 bits per heavy atom. The van der Waals surface area contributed by atoms with Gasteiger partial charge in [0.25, 0.3) is 0 Å². The molecular formula is H2O6S2SeW. The summed E-state index contributed by atoms with van der Waals surface area (Å²) < 4.78 is 54.4. The van der Waals surface area contributed by atoms with Crippen LogP contribution in [0, 0.1) is 0 Å². The minimum Gasteiger partial charge on any atom is 0 e. The smallest absolute Gasteiger partial charge is 0 e. The summed E-state index contributed by atoms with van der Waals surface area (Å²) in [6, 6.07) is 0. The van der Waals surface area contributed by atoms with Gasteiger partial charge in [-0.3, -0.25) is 0 Å². The van der Waals surface area contributed by atoms with Crippen LogP contribution in [-0.4, -0.2) is 38.7 Å². The van der Waals surface area contributed by atoms with E-state index in [4.69, 9.17) is 9.11 Å². The summed E-state index contributed by atoms with van der Waals surface area (Å²) in [5.74, 6) is 0. The van der Waals surface area contributed by atoms with E-state index in [1.807, 2.05) is 0 Å². The minimum atomic E-state index is -4.56. The molecule has 0 atom stereocenters. The predicted molar refractivity (Wildman–Crippen MR) is 28.9 cm³/mol. The van der Waals surface area contributed by atoms with Crippen molar-refractivity contribution in [1.82, 2.24) is 0 Å². The fraction of sp³-hybridized carbons (Fsp3) is 0. The van der Waals surface area contributed by atoms with Crippen molar-refractivity contribution >= 4 is 29.8 Å². The molecule has 0 heterocycles. The second-order valence-electron chi connectivity index (χ2n) is 0.924. The van der Waals surface area contributed by atoms with Crippen molar-refractivity contribution < 1.29 is 47.0 Å². The molecule has 0 saturated heterocycles. The second-order valence-corrected chi connectivity index (χ2v) is 11.1. The van der Waals surface area contributed by atoms with Crippen LogP contribution in [0.15, 0.2) is 0 Å². The van der Waals surface area contributed by atoms with Gasteiger partial charge in [-0.1, -0.05) is 0 Å². The maximum Gasteiger partial charge on any atom is 0 e. The Morgan fingerprint density at radius 3 is 1.10 bits per heavy atom. The third-order valence-corrected chi connectivity index (χ3v) is 8.04. The predicted octanol–water partition coefficient (Wildman–Crippen LogP) is -1.71.